The maximum atomic E-state index is 11.6. The van der Waals surface area contributed by atoms with Gasteiger partial charge in [0, 0.05) is 56.2 Å². The van der Waals surface area contributed by atoms with Crippen LogP contribution in [0.3, 0.4) is 0 Å². The van der Waals surface area contributed by atoms with E-state index in [0.717, 1.165) is 37.3 Å². The normalized spacial score (nSPS) is 16.1. The number of fused-ring (bicyclic) bond motifs is 1. The monoisotopic (exact) mass is 372 g/mol. The SMILES string of the molecule is CS(=O)(=O)c1ccc(N2CCC(Oc3ccn4nccc4n3)CC2)cc1. The Morgan fingerprint density at radius 3 is 2.50 bits per heavy atom. The Labute approximate surface area is 152 Å². The molecule has 0 saturated carbocycles. The molecule has 7 nitrogen and oxygen atoms in total. The fourth-order valence-corrected chi connectivity index (χ4v) is 3.80. The van der Waals surface area contributed by atoms with Crippen LogP contribution in [0.5, 0.6) is 5.88 Å². The van der Waals surface area contributed by atoms with Crippen molar-refractivity contribution in [3.63, 3.8) is 0 Å². The van der Waals surface area contributed by atoms with E-state index in [1.54, 1.807) is 22.8 Å². The third kappa shape index (κ3) is 3.50. The van der Waals surface area contributed by atoms with Crippen molar-refractivity contribution >= 4 is 21.2 Å². The zero-order valence-corrected chi connectivity index (χ0v) is 15.3. The van der Waals surface area contributed by atoms with E-state index in [2.05, 4.69) is 15.0 Å². The average molecular weight is 372 g/mol. The number of hydrogen-bond acceptors (Lipinski definition) is 6. The fraction of sp³-hybridized carbons (Fsp3) is 0.333. The lowest BCUT2D eigenvalue weighted by Gasteiger charge is -2.33. The number of nitrogens with zero attached hydrogens (tertiary/aromatic N) is 4. The molecule has 0 spiro atoms. The number of anilines is 1. The number of sulfone groups is 1. The highest BCUT2D eigenvalue weighted by Crippen LogP contribution is 2.24. The van der Waals surface area contributed by atoms with Gasteiger partial charge in [-0.1, -0.05) is 0 Å². The standard InChI is InChI=1S/C18H20N4O3S/c1-26(23,24)16-4-2-14(3-5-16)21-11-7-15(8-12-21)25-18-9-13-22-17(20-18)6-10-19-22/h2-6,9-10,13,15H,7-8,11-12H2,1H3. The van der Waals surface area contributed by atoms with Gasteiger partial charge in [-0.2, -0.15) is 10.1 Å². The molecule has 3 aromatic rings. The van der Waals surface area contributed by atoms with Crippen molar-refractivity contribution in [3.05, 3.63) is 48.8 Å². The molecule has 1 aliphatic heterocycles. The lowest BCUT2D eigenvalue weighted by molar-refractivity contribution is 0.164. The largest absolute Gasteiger partial charge is 0.474 e. The second kappa shape index (κ2) is 6.60. The van der Waals surface area contributed by atoms with Gasteiger partial charge < -0.3 is 9.64 Å². The Balaban J connectivity index is 1.37. The molecule has 1 saturated heterocycles. The van der Waals surface area contributed by atoms with E-state index in [9.17, 15) is 8.42 Å². The van der Waals surface area contributed by atoms with Crippen LogP contribution in [-0.2, 0) is 9.84 Å². The second-order valence-corrected chi connectivity index (χ2v) is 8.49. The summed E-state index contributed by atoms with van der Waals surface area (Å²) in [6.07, 6.45) is 6.68. The van der Waals surface area contributed by atoms with Gasteiger partial charge in [-0.25, -0.2) is 12.9 Å². The van der Waals surface area contributed by atoms with Gasteiger partial charge >= 0.3 is 0 Å². The minimum atomic E-state index is -3.16. The molecule has 4 rings (SSSR count). The summed E-state index contributed by atoms with van der Waals surface area (Å²) in [5.74, 6) is 0.619. The summed E-state index contributed by atoms with van der Waals surface area (Å²) in [7, 11) is -3.16. The summed E-state index contributed by atoms with van der Waals surface area (Å²) in [5.41, 5.74) is 1.81. The topological polar surface area (TPSA) is 76.8 Å². The molecule has 136 valence electrons. The number of ether oxygens (including phenoxy) is 1. The molecule has 26 heavy (non-hydrogen) atoms. The number of aromatic nitrogens is 3. The van der Waals surface area contributed by atoms with E-state index in [-0.39, 0.29) is 6.10 Å². The van der Waals surface area contributed by atoms with E-state index >= 15 is 0 Å². The van der Waals surface area contributed by atoms with Gasteiger partial charge in [0.2, 0.25) is 5.88 Å². The Hall–Kier alpha value is -2.61. The van der Waals surface area contributed by atoms with Gasteiger partial charge in [0.05, 0.1) is 11.1 Å². The molecule has 1 aliphatic rings. The molecule has 0 aliphatic carbocycles. The highest BCUT2D eigenvalue weighted by atomic mass is 32.2. The van der Waals surface area contributed by atoms with Crippen LogP contribution in [0, 0.1) is 0 Å². The maximum absolute atomic E-state index is 11.6. The predicted molar refractivity (Wildman–Crippen MR) is 98.4 cm³/mol. The highest BCUT2D eigenvalue weighted by Gasteiger charge is 2.21. The fourth-order valence-electron chi connectivity index (χ4n) is 3.17. The lowest BCUT2D eigenvalue weighted by atomic mass is 10.1. The third-order valence-electron chi connectivity index (χ3n) is 4.59. The minimum Gasteiger partial charge on any atom is -0.474 e. The molecule has 1 aromatic carbocycles. The molecule has 2 aromatic heterocycles. The van der Waals surface area contributed by atoms with E-state index in [0.29, 0.717) is 10.8 Å². The van der Waals surface area contributed by atoms with Crippen LogP contribution in [0.25, 0.3) is 5.65 Å². The van der Waals surface area contributed by atoms with Crippen molar-refractivity contribution in [2.24, 2.45) is 0 Å². The predicted octanol–water partition coefficient (Wildman–Crippen LogP) is 2.18. The summed E-state index contributed by atoms with van der Waals surface area (Å²) in [5, 5.41) is 4.13. The lowest BCUT2D eigenvalue weighted by Crippen LogP contribution is -2.38. The molecule has 0 atom stereocenters. The molecule has 1 fully saturated rings. The quantitative estimate of drug-likeness (QED) is 0.699. The molecule has 0 unspecified atom stereocenters. The highest BCUT2D eigenvalue weighted by molar-refractivity contribution is 7.90. The number of hydrogen-bond donors (Lipinski definition) is 0. The second-order valence-electron chi connectivity index (χ2n) is 6.47. The van der Waals surface area contributed by atoms with Crippen molar-refractivity contribution in [2.45, 2.75) is 23.8 Å². The molecular formula is C18H20N4O3S. The van der Waals surface area contributed by atoms with Crippen LogP contribution in [0.2, 0.25) is 0 Å². The zero-order chi connectivity index (χ0) is 18.1. The Kier molecular flexibility index (Phi) is 4.28. The van der Waals surface area contributed by atoms with E-state index in [4.69, 9.17) is 4.74 Å². The van der Waals surface area contributed by atoms with Crippen molar-refractivity contribution in [1.29, 1.82) is 0 Å². The van der Waals surface area contributed by atoms with E-state index in [1.165, 1.54) is 6.26 Å². The van der Waals surface area contributed by atoms with Crippen LogP contribution in [0.1, 0.15) is 12.8 Å². The number of benzene rings is 1. The third-order valence-corrected chi connectivity index (χ3v) is 5.72. The van der Waals surface area contributed by atoms with Crippen molar-refractivity contribution in [2.75, 3.05) is 24.2 Å². The van der Waals surface area contributed by atoms with Crippen LogP contribution in [-0.4, -0.2) is 48.5 Å². The van der Waals surface area contributed by atoms with Crippen molar-refractivity contribution in [3.8, 4) is 5.88 Å². The van der Waals surface area contributed by atoms with E-state index < -0.39 is 9.84 Å². The number of rotatable bonds is 4. The molecule has 0 amide bonds. The summed E-state index contributed by atoms with van der Waals surface area (Å²) in [4.78, 5) is 7.04. The zero-order valence-electron chi connectivity index (χ0n) is 14.4. The first-order valence-corrected chi connectivity index (χ1v) is 10.4. The van der Waals surface area contributed by atoms with Crippen molar-refractivity contribution < 1.29 is 13.2 Å². The Bertz CT molecular complexity index is 1010. The van der Waals surface area contributed by atoms with Crippen LogP contribution in [0.4, 0.5) is 5.69 Å². The first-order chi connectivity index (χ1) is 12.5. The summed E-state index contributed by atoms with van der Waals surface area (Å²) >= 11 is 0. The number of piperidine rings is 1. The summed E-state index contributed by atoms with van der Waals surface area (Å²) in [6, 6.07) is 10.7. The molecular weight excluding hydrogens is 352 g/mol. The molecule has 3 heterocycles. The molecule has 0 bridgehead atoms. The summed E-state index contributed by atoms with van der Waals surface area (Å²) < 4.78 is 30.8. The Morgan fingerprint density at radius 1 is 1.08 bits per heavy atom. The van der Waals surface area contributed by atoms with Gasteiger partial charge in [-0.3, -0.25) is 0 Å². The maximum Gasteiger partial charge on any atom is 0.217 e. The van der Waals surface area contributed by atoms with E-state index in [1.807, 2.05) is 30.5 Å². The van der Waals surface area contributed by atoms with Crippen LogP contribution in [0.15, 0.2) is 53.7 Å². The van der Waals surface area contributed by atoms with Gasteiger partial charge in [0.1, 0.15) is 6.10 Å². The van der Waals surface area contributed by atoms with Crippen LogP contribution < -0.4 is 9.64 Å². The Morgan fingerprint density at radius 2 is 1.81 bits per heavy atom. The average Bonchev–Trinajstić information content (AvgIpc) is 3.10. The minimum absolute atomic E-state index is 0.124. The smallest absolute Gasteiger partial charge is 0.217 e. The van der Waals surface area contributed by atoms with Gasteiger partial charge in [-0.15, -0.1) is 0 Å². The molecule has 0 radical (unpaired) electrons. The molecule has 8 heteroatoms. The van der Waals surface area contributed by atoms with Crippen molar-refractivity contribution in [1.82, 2.24) is 14.6 Å². The molecule has 0 N–H and O–H groups in total. The van der Waals surface area contributed by atoms with Gasteiger partial charge in [0.15, 0.2) is 15.5 Å². The van der Waals surface area contributed by atoms with Gasteiger partial charge in [-0.05, 0) is 24.3 Å². The van der Waals surface area contributed by atoms with Crippen LogP contribution >= 0.6 is 0 Å². The first kappa shape index (κ1) is 16.8. The van der Waals surface area contributed by atoms with Gasteiger partial charge in [0.25, 0.3) is 0 Å². The summed E-state index contributed by atoms with van der Waals surface area (Å²) in [6.45, 7) is 1.72. The first-order valence-electron chi connectivity index (χ1n) is 8.51.